The zero-order valence-corrected chi connectivity index (χ0v) is 13.9. The van der Waals surface area contributed by atoms with Crippen molar-refractivity contribution in [3.63, 3.8) is 0 Å². The van der Waals surface area contributed by atoms with Crippen molar-refractivity contribution in [1.82, 2.24) is 10.6 Å². The first-order chi connectivity index (χ1) is 11.8. The molecule has 5 heteroatoms. The van der Waals surface area contributed by atoms with E-state index in [9.17, 15) is 4.79 Å². The molecular formula is C19H23N3O2. The van der Waals surface area contributed by atoms with Gasteiger partial charge in [-0.15, -0.1) is 0 Å². The molecule has 0 aliphatic carbocycles. The number of carbonyl (C=O) groups is 1. The summed E-state index contributed by atoms with van der Waals surface area (Å²) >= 11 is 0. The molecule has 1 atom stereocenters. The monoisotopic (exact) mass is 325 g/mol. The number of rotatable bonds is 5. The van der Waals surface area contributed by atoms with Crippen LogP contribution in [-0.2, 0) is 4.74 Å². The summed E-state index contributed by atoms with van der Waals surface area (Å²) in [6.07, 6.45) is 2.61. The quantitative estimate of drug-likeness (QED) is 0.823. The molecule has 3 rings (SSSR count). The van der Waals surface area contributed by atoms with E-state index in [1.165, 1.54) is 10.8 Å². The largest absolute Gasteiger partial charge is 0.449 e. The van der Waals surface area contributed by atoms with E-state index in [0.717, 1.165) is 24.8 Å². The minimum atomic E-state index is -0.448. The number of aliphatic imine (C=N–C) groups is 1. The SMILES string of the molecule is CCCCCOC(=O)NC1=NC(c2ccc3ccccc3c2)CN1. The number of alkyl carbamates (subject to hydrolysis) is 1. The number of carbonyl (C=O) groups excluding carboxylic acids is 1. The Kier molecular flexibility index (Phi) is 5.31. The van der Waals surface area contributed by atoms with Gasteiger partial charge in [0.05, 0.1) is 12.6 Å². The molecule has 0 radical (unpaired) electrons. The maximum Gasteiger partial charge on any atom is 0.413 e. The summed E-state index contributed by atoms with van der Waals surface area (Å²) in [5.74, 6) is 0.480. The van der Waals surface area contributed by atoms with Crippen molar-refractivity contribution in [3.8, 4) is 0 Å². The average Bonchev–Trinajstić information content (AvgIpc) is 3.07. The highest BCUT2D eigenvalue weighted by atomic mass is 16.5. The van der Waals surface area contributed by atoms with Gasteiger partial charge in [0, 0.05) is 6.54 Å². The van der Waals surface area contributed by atoms with Crippen molar-refractivity contribution in [3.05, 3.63) is 48.0 Å². The second kappa shape index (κ2) is 7.81. The first-order valence-corrected chi connectivity index (χ1v) is 8.50. The van der Waals surface area contributed by atoms with Gasteiger partial charge in [-0.2, -0.15) is 0 Å². The number of hydrogen-bond donors (Lipinski definition) is 2. The van der Waals surface area contributed by atoms with Crippen molar-refractivity contribution in [1.29, 1.82) is 0 Å². The highest BCUT2D eigenvalue weighted by Gasteiger charge is 2.20. The maximum atomic E-state index is 11.7. The van der Waals surface area contributed by atoms with Crippen LogP contribution in [0.5, 0.6) is 0 Å². The Hall–Kier alpha value is -2.56. The lowest BCUT2D eigenvalue weighted by Crippen LogP contribution is -2.38. The van der Waals surface area contributed by atoms with E-state index in [2.05, 4.69) is 52.9 Å². The summed E-state index contributed by atoms with van der Waals surface area (Å²) in [6, 6.07) is 14.6. The van der Waals surface area contributed by atoms with Crippen molar-refractivity contribution in [2.24, 2.45) is 4.99 Å². The molecule has 1 aliphatic heterocycles. The molecule has 0 saturated heterocycles. The molecule has 2 aromatic carbocycles. The zero-order chi connectivity index (χ0) is 16.8. The molecule has 0 fully saturated rings. The Morgan fingerprint density at radius 3 is 2.92 bits per heavy atom. The fourth-order valence-corrected chi connectivity index (χ4v) is 2.77. The number of fused-ring (bicyclic) bond motifs is 1. The molecule has 1 amide bonds. The van der Waals surface area contributed by atoms with Crippen molar-refractivity contribution >= 4 is 22.8 Å². The van der Waals surface area contributed by atoms with E-state index in [-0.39, 0.29) is 6.04 Å². The summed E-state index contributed by atoms with van der Waals surface area (Å²) in [7, 11) is 0. The predicted molar refractivity (Wildman–Crippen MR) is 96.1 cm³/mol. The topological polar surface area (TPSA) is 62.7 Å². The van der Waals surface area contributed by atoms with Crippen LogP contribution in [0.1, 0.15) is 37.8 Å². The number of benzene rings is 2. The lowest BCUT2D eigenvalue weighted by molar-refractivity contribution is 0.149. The summed E-state index contributed by atoms with van der Waals surface area (Å²) in [5.41, 5.74) is 1.13. The molecule has 1 unspecified atom stereocenters. The molecule has 0 spiro atoms. The van der Waals surface area contributed by atoms with Gasteiger partial charge in [0.25, 0.3) is 0 Å². The van der Waals surface area contributed by atoms with Crippen molar-refractivity contribution < 1.29 is 9.53 Å². The Labute approximate surface area is 142 Å². The molecule has 0 aromatic heterocycles. The second-order valence-electron chi connectivity index (χ2n) is 5.95. The van der Waals surface area contributed by atoms with Crippen LogP contribution in [0.25, 0.3) is 10.8 Å². The molecule has 0 saturated carbocycles. The predicted octanol–water partition coefficient (Wildman–Crippen LogP) is 3.76. The third-order valence-electron chi connectivity index (χ3n) is 4.11. The smallest absolute Gasteiger partial charge is 0.413 e. The van der Waals surface area contributed by atoms with Gasteiger partial charge in [0.1, 0.15) is 0 Å². The summed E-state index contributed by atoms with van der Waals surface area (Å²) in [4.78, 5) is 16.3. The van der Waals surface area contributed by atoms with Crippen molar-refractivity contribution in [2.45, 2.75) is 32.2 Å². The standard InChI is InChI=1S/C19H23N3O2/c1-2-3-6-11-24-19(23)22-18-20-13-17(21-18)16-10-9-14-7-4-5-8-15(14)12-16/h4-5,7-10,12,17H,2-3,6,11,13H2,1H3,(H2,20,21,22,23). The van der Waals surface area contributed by atoms with Crippen LogP contribution >= 0.6 is 0 Å². The fraction of sp³-hybridized carbons (Fsp3) is 0.368. The van der Waals surface area contributed by atoms with Gasteiger partial charge in [0.2, 0.25) is 5.96 Å². The molecule has 5 nitrogen and oxygen atoms in total. The second-order valence-corrected chi connectivity index (χ2v) is 5.95. The minimum absolute atomic E-state index is 0.00463. The van der Waals surface area contributed by atoms with Crippen LogP contribution in [0.3, 0.4) is 0 Å². The molecule has 0 bridgehead atoms. The Balaban J connectivity index is 1.59. The van der Waals surface area contributed by atoms with Gasteiger partial charge < -0.3 is 10.1 Å². The number of guanidine groups is 1. The van der Waals surface area contributed by atoms with Crippen LogP contribution in [0, 0.1) is 0 Å². The summed E-state index contributed by atoms with van der Waals surface area (Å²) in [5, 5.41) is 8.20. The summed E-state index contributed by atoms with van der Waals surface area (Å²) in [6.45, 7) is 3.23. The number of nitrogens with one attached hydrogen (secondary N) is 2. The van der Waals surface area contributed by atoms with E-state index in [1.807, 2.05) is 12.1 Å². The Morgan fingerprint density at radius 1 is 1.25 bits per heavy atom. The highest BCUT2D eigenvalue weighted by Crippen LogP contribution is 2.24. The van der Waals surface area contributed by atoms with Gasteiger partial charge >= 0.3 is 6.09 Å². The number of hydrogen-bond acceptors (Lipinski definition) is 4. The van der Waals surface area contributed by atoms with Crippen LogP contribution < -0.4 is 10.6 Å². The Morgan fingerprint density at radius 2 is 2.08 bits per heavy atom. The van der Waals surface area contributed by atoms with Crippen LogP contribution in [0.2, 0.25) is 0 Å². The van der Waals surface area contributed by atoms with E-state index in [1.54, 1.807) is 0 Å². The van der Waals surface area contributed by atoms with E-state index < -0.39 is 6.09 Å². The molecular weight excluding hydrogens is 302 g/mol. The number of nitrogens with zero attached hydrogens (tertiary/aromatic N) is 1. The van der Waals surface area contributed by atoms with E-state index in [0.29, 0.717) is 19.1 Å². The van der Waals surface area contributed by atoms with Gasteiger partial charge in [-0.05, 0) is 28.8 Å². The van der Waals surface area contributed by atoms with Gasteiger partial charge in [0.15, 0.2) is 0 Å². The molecule has 2 N–H and O–H groups in total. The highest BCUT2D eigenvalue weighted by molar-refractivity contribution is 5.95. The average molecular weight is 325 g/mol. The lowest BCUT2D eigenvalue weighted by atomic mass is 10.0. The van der Waals surface area contributed by atoms with Gasteiger partial charge in [-0.1, -0.05) is 56.2 Å². The third kappa shape index (κ3) is 4.04. The summed E-state index contributed by atoms with van der Waals surface area (Å²) < 4.78 is 5.13. The van der Waals surface area contributed by atoms with Crippen LogP contribution in [0.4, 0.5) is 4.79 Å². The third-order valence-corrected chi connectivity index (χ3v) is 4.11. The first-order valence-electron chi connectivity index (χ1n) is 8.50. The minimum Gasteiger partial charge on any atom is -0.449 e. The maximum absolute atomic E-state index is 11.7. The van der Waals surface area contributed by atoms with Gasteiger partial charge in [-0.25, -0.2) is 9.79 Å². The Bertz CT molecular complexity index is 742. The van der Waals surface area contributed by atoms with Crippen LogP contribution in [0.15, 0.2) is 47.5 Å². The lowest BCUT2D eigenvalue weighted by Gasteiger charge is -2.07. The molecule has 1 aliphatic rings. The number of unbranched alkanes of at least 4 members (excludes halogenated alkanes) is 2. The van der Waals surface area contributed by atoms with E-state index >= 15 is 0 Å². The number of amides is 1. The fourth-order valence-electron chi connectivity index (χ4n) is 2.77. The van der Waals surface area contributed by atoms with Crippen LogP contribution in [-0.4, -0.2) is 25.2 Å². The normalized spacial score (nSPS) is 16.5. The molecule has 126 valence electrons. The van der Waals surface area contributed by atoms with Crippen molar-refractivity contribution in [2.75, 3.05) is 13.2 Å². The molecule has 2 aromatic rings. The van der Waals surface area contributed by atoms with Gasteiger partial charge in [-0.3, -0.25) is 5.32 Å². The molecule has 1 heterocycles. The van der Waals surface area contributed by atoms with E-state index in [4.69, 9.17) is 4.74 Å². The molecule has 24 heavy (non-hydrogen) atoms. The first kappa shape index (κ1) is 16.3. The zero-order valence-electron chi connectivity index (χ0n) is 13.9. The number of ether oxygens (including phenoxy) is 1.